The van der Waals surface area contributed by atoms with Crippen molar-refractivity contribution in [2.75, 3.05) is 40.8 Å². The van der Waals surface area contributed by atoms with Gasteiger partial charge in [0.2, 0.25) is 10.0 Å². The van der Waals surface area contributed by atoms with Crippen molar-refractivity contribution in [3.05, 3.63) is 52.0 Å². The highest BCUT2D eigenvalue weighted by Crippen LogP contribution is 2.48. The van der Waals surface area contributed by atoms with Crippen molar-refractivity contribution < 1.29 is 13.5 Å². The van der Waals surface area contributed by atoms with E-state index in [0.29, 0.717) is 12.3 Å². The summed E-state index contributed by atoms with van der Waals surface area (Å²) in [7, 11) is -1.43. The van der Waals surface area contributed by atoms with Gasteiger partial charge in [-0.05, 0) is 72.7 Å². The maximum absolute atomic E-state index is 12.5. The number of hydrogen-bond acceptors (Lipinski definition) is 5. The summed E-state index contributed by atoms with van der Waals surface area (Å²) in [6, 6.07) is 12.4. The highest BCUT2D eigenvalue weighted by molar-refractivity contribution is 9.10. The molecule has 4 rings (SSSR count). The van der Waals surface area contributed by atoms with Crippen LogP contribution in [0.25, 0.3) is 0 Å². The molecule has 2 aromatic rings. The normalized spacial score (nSPS) is 16.3. The molecule has 1 heterocycles. The number of sulfonamides is 1. The first-order chi connectivity index (χ1) is 13.8. The van der Waals surface area contributed by atoms with Crippen molar-refractivity contribution in [3.63, 3.8) is 0 Å². The molecular formula is C21H26BrN3O3S. The Hall–Kier alpha value is -1.77. The lowest BCUT2D eigenvalue weighted by Gasteiger charge is -2.29. The fraction of sp³-hybridized carbons (Fsp3) is 0.429. The molecule has 8 heteroatoms. The molecule has 1 aliphatic carbocycles. The first kappa shape index (κ1) is 20.5. The number of aliphatic hydroxyl groups is 1. The lowest BCUT2D eigenvalue weighted by molar-refractivity contribution is 0.291. The van der Waals surface area contributed by atoms with Crippen molar-refractivity contribution in [1.82, 2.24) is 0 Å². The van der Waals surface area contributed by atoms with Gasteiger partial charge >= 0.3 is 0 Å². The lowest BCUT2D eigenvalue weighted by atomic mass is 10.0. The van der Waals surface area contributed by atoms with Crippen LogP contribution in [0.2, 0.25) is 0 Å². The zero-order chi connectivity index (χ0) is 20.8. The number of halogens is 1. The molecule has 0 radical (unpaired) electrons. The predicted molar refractivity (Wildman–Crippen MR) is 121 cm³/mol. The van der Waals surface area contributed by atoms with Gasteiger partial charge in [0.15, 0.2) is 0 Å². The molecule has 2 aromatic carbocycles. The van der Waals surface area contributed by atoms with Crippen LogP contribution in [0, 0.1) is 0 Å². The molecule has 6 nitrogen and oxygen atoms in total. The van der Waals surface area contributed by atoms with Crippen molar-refractivity contribution in [3.8, 4) is 0 Å². The van der Waals surface area contributed by atoms with E-state index in [-0.39, 0.29) is 13.2 Å². The minimum absolute atomic E-state index is 0.0348. The van der Waals surface area contributed by atoms with Crippen LogP contribution in [0.1, 0.15) is 36.3 Å². The van der Waals surface area contributed by atoms with E-state index in [1.54, 1.807) is 0 Å². The molecule has 156 valence electrons. The van der Waals surface area contributed by atoms with Gasteiger partial charge in [0.1, 0.15) is 0 Å². The average Bonchev–Trinajstić information content (AvgIpc) is 3.46. The van der Waals surface area contributed by atoms with Gasteiger partial charge in [0.05, 0.1) is 29.9 Å². The van der Waals surface area contributed by atoms with Gasteiger partial charge in [0.25, 0.3) is 0 Å². The van der Waals surface area contributed by atoms with E-state index in [1.165, 1.54) is 16.1 Å². The zero-order valence-corrected chi connectivity index (χ0v) is 19.1. The number of aliphatic hydroxyl groups excluding tert-OH is 1. The Balaban J connectivity index is 1.75. The summed E-state index contributed by atoms with van der Waals surface area (Å²) in [5.41, 5.74) is 5.17. The summed E-state index contributed by atoms with van der Waals surface area (Å²) < 4.78 is 27.6. The summed E-state index contributed by atoms with van der Waals surface area (Å²) in [6.07, 6.45) is 3.84. The molecule has 0 spiro atoms. The van der Waals surface area contributed by atoms with E-state index in [0.717, 1.165) is 46.5 Å². The minimum atomic E-state index is -3.44. The molecule has 0 unspecified atom stereocenters. The fourth-order valence-electron chi connectivity index (χ4n) is 3.96. The maximum atomic E-state index is 12.5. The van der Waals surface area contributed by atoms with Crippen LogP contribution < -0.4 is 14.3 Å². The number of anilines is 3. The van der Waals surface area contributed by atoms with Gasteiger partial charge in [-0.15, -0.1) is 0 Å². The Morgan fingerprint density at radius 2 is 1.90 bits per heavy atom. The molecule has 0 saturated heterocycles. The van der Waals surface area contributed by atoms with Gasteiger partial charge in [-0.1, -0.05) is 15.9 Å². The smallest absolute Gasteiger partial charge is 0.232 e. The maximum Gasteiger partial charge on any atom is 0.232 e. The Morgan fingerprint density at radius 3 is 2.48 bits per heavy atom. The van der Waals surface area contributed by atoms with Crippen LogP contribution in [-0.4, -0.2) is 40.0 Å². The Labute approximate surface area is 180 Å². The quantitative estimate of drug-likeness (QED) is 0.653. The van der Waals surface area contributed by atoms with E-state index in [1.807, 2.05) is 25.2 Å². The molecule has 0 bridgehead atoms. The van der Waals surface area contributed by atoms with E-state index < -0.39 is 10.0 Å². The second-order valence-corrected chi connectivity index (χ2v) is 10.6. The van der Waals surface area contributed by atoms with Gasteiger partial charge in [-0.3, -0.25) is 14.3 Å². The van der Waals surface area contributed by atoms with Crippen LogP contribution in [-0.2, 0) is 16.6 Å². The monoisotopic (exact) mass is 479 g/mol. The first-order valence-corrected chi connectivity index (χ1v) is 12.5. The average molecular weight is 480 g/mol. The van der Waals surface area contributed by atoms with E-state index in [2.05, 4.69) is 44.1 Å². The van der Waals surface area contributed by atoms with Gasteiger partial charge in [-0.25, -0.2) is 8.42 Å². The molecule has 1 aliphatic heterocycles. The number of hydrogen-bond donors (Lipinski definition) is 1. The fourth-order valence-corrected chi connectivity index (χ4v) is 5.20. The molecule has 29 heavy (non-hydrogen) atoms. The summed E-state index contributed by atoms with van der Waals surface area (Å²) in [4.78, 5) is 0. The van der Waals surface area contributed by atoms with Crippen LogP contribution in [0.3, 0.4) is 0 Å². The van der Waals surface area contributed by atoms with Crippen molar-refractivity contribution in [1.29, 1.82) is 0 Å². The van der Waals surface area contributed by atoms with Crippen molar-refractivity contribution in [2.24, 2.45) is 0 Å². The van der Waals surface area contributed by atoms with E-state index in [9.17, 15) is 13.5 Å². The highest BCUT2D eigenvalue weighted by atomic mass is 79.9. The van der Waals surface area contributed by atoms with Gasteiger partial charge in [0, 0.05) is 24.7 Å². The second kappa shape index (κ2) is 7.81. The zero-order valence-electron chi connectivity index (χ0n) is 16.7. The van der Waals surface area contributed by atoms with Gasteiger partial charge in [-0.2, -0.15) is 0 Å². The highest BCUT2D eigenvalue weighted by Gasteiger charge is 2.34. The lowest BCUT2D eigenvalue weighted by Crippen LogP contribution is -2.34. The van der Waals surface area contributed by atoms with Crippen LogP contribution in [0.4, 0.5) is 17.1 Å². The summed E-state index contributed by atoms with van der Waals surface area (Å²) >= 11 is 3.48. The third kappa shape index (κ3) is 4.11. The van der Waals surface area contributed by atoms with Gasteiger partial charge < -0.3 is 5.11 Å². The summed E-state index contributed by atoms with van der Waals surface area (Å²) in [5.74, 6) is 0.417. The Kier molecular flexibility index (Phi) is 5.52. The summed E-state index contributed by atoms with van der Waals surface area (Å²) in [5, 5.41) is 13.5. The number of fused-ring (bicyclic) bond motifs is 1. The number of rotatable bonds is 7. The molecule has 0 amide bonds. The molecular weight excluding hydrogens is 454 g/mol. The molecule has 0 atom stereocenters. The van der Waals surface area contributed by atoms with Crippen LogP contribution in [0.15, 0.2) is 40.9 Å². The molecule has 1 saturated carbocycles. The number of nitrogens with zero attached hydrogens (tertiary/aromatic N) is 3. The van der Waals surface area contributed by atoms with Crippen molar-refractivity contribution >= 4 is 43.0 Å². The topological polar surface area (TPSA) is 64.1 Å². The predicted octanol–water partition coefficient (Wildman–Crippen LogP) is 3.85. The second-order valence-electron chi connectivity index (χ2n) is 7.78. The Morgan fingerprint density at radius 1 is 1.21 bits per heavy atom. The number of hydrazine groups is 1. The molecule has 2 aliphatic rings. The molecule has 1 fully saturated rings. The SMILES string of the molecule is CN1c2cc(N(CCCO)S(C)(=O)=O)c(C3CC3)cc2CN1c1ccc(Br)cc1. The minimum Gasteiger partial charge on any atom is -0.396 e. The van der Waals surface area contributed by atoms with E-state index in [4.69, 9.17) is 0 Å². The van der Waals surface area contributed by atoms with E-state index >= 15 is 0 Å². The number of benzene rings is 2. The third-order valence-corrected chi connectivity index (χ3v) is 7.30. The van der Waals surface area contributed by atoms with Crippen molar-refractivity contribution in [2.45, 2.75) is 31.7 Å². The Bertz CT molecular complexity index is 1010. The van der Waals surface area contributed by atoms with Crippen LogP contribution >= 0.6 is 15.9 Å². The molecule has 0 aromatic heterocycles. The van der Waals surface area contributed by atoms with Crippen LogP contribution in [0.5, 0.6) is 0 Å². The third-order valence-electron chi connectivity index (χ3n) is 5.59. The largest absolute Gasteiger partial charge is 0.396 e. The standard InChI is InChI=1S/C21H26BrN3O3S/c1-23-20-13-21(25(10-3-11-26)29(2,27)28)19(15-4-5-15)12-16(20)14-24(23)18-8-6-17(22)7-9-18/h6-9,12-13,15,26H,3-5,10-11,14H2,1-2H3. The first-order valence-electron chi connectivity index (χ1n) is 9.81. The summed E-state index contributed by atoms with van der Waals surface area (Å²) in [6.45, 7) is 1.00. The molecule has 1 N–H and O–H groups in total.